The van der Waals surface area contributed by atoms with Gasteiger partial charge in [-0.05, 0) is 38.2 Å². The van der Waals surface area contributed by atoms with Crippen LogP contribution in [0.4, 0.5) is 5.69 Å². The SMILES string of the molecule is C[C@H](C(=O)Nc1ccccc1C#N)N(C)Cc1cnn(-c2ccccc2)c1. The van der Waals surface area contributed by atoms with E-state index in [1.165, 1.54) is 0 Å². The summed E-state index contributed by atoms with van der Waals surface area (Å²) in [5.41, 5.74) is 2.98. The highest BCUT2D eigenvalue weighted by Gasteiger charge is 2.19. The molecule has 1 amide bonds. The normalized spacial score (nSPS) is 11.8. The molecule has 3 aromatic rings. The molecule has 27 heavy (non-hydrogen) atoms. The van der Waals surface area contributed by atoms with Crippen LogP contribution in [0, 0.1) is 11.3 Å². The molecular formula is C21H21N5O. The van der Waals surface area contributed by atoms with E-state index in [9.17, 15) is 4.79 Å². The number of nitrogens with zero attached hydrogens (tertiary/aromatic N) is 4. The summed E-state index contributed by atoms with van der Waals surface area (Å²) in [6.07, 6.45) is 3.76. The van der Waals surface area contributed by atoms with Gasteiger partial charge in [0.05, 0.1) is 29.2 Å². The number of anilines is 1. The molecule has 6 nitrogen and oxygen atoms in total. The van der Waals surface area contributed by atoms with E-state index in [0.717, 1.165) is 11.3 Å². The highest BCUT2D eigenvalue weighted by Crippen LogP contribution is 2.15. The molecule has 1 atom stereocenters. The highest BCUT2D eigenvalue weighted by atomic mass is 16.2. The zero-order valence-electron chi connectivity index (χ0n) is 15.3. The van der Waals surface area contributed by atoms with Crippen LogP contribution in [0.25, 0.3) is 5.69 Å². The number of hydrogen-bond donors (Lipinski definition) is 1. The van der Waals surface area contributed by atoms with Crippen molar-refractivity contribution in [3.8, 4) is 11.8 Å². The molecule has 0 bridgehead atoms. The smallest absolute Gasteiger partial charge is 0.241 e. The van der Waals surface area contributed by atoms with Gasteiger partial charge < -0.3 is 5.32 Å². The molecule has 1 N–H and O–H groups in total. The van der Waals surface area contributed by atoms with Crippen molar-refractivity contribution in [1.29, 1.82) is 5.26 Å². The van der Waals surface area contributed by atoms with Crippen LogP contribution < -0.4 is 5.32 Å². The van der Waals surface area contributed by atoms with Gasteiger partial charge >= 0.3 is 0 Å². The summed E-state index contributed by atoms with van der Waals surface area (Å²) < 4.78 is 1.82. The monoisotopic (exact) mass is 359 g/mol. The topological polar surface area (TPSA) is 74.0 Å². The molecule has 136 valence electrons. The van der Waals surface area contributed by atoms with Gasteiger partial charge in [0.25, 0.3) is 0 Å². The lowest BCUT2D eigenvalue weighted by Gasteiger charge is -2.23. The van der Waals surface area contributed by atoms with Gasteiger partial charge in [-0.1, -0.05) is 30.3 Å². The molecule has 0 saturated heterocycles. The third-order valence-corrected chi connectivity index (χ3v) is 4.43. The van der Waals surface area contributed by atoms with Gasteiger partial charge in [-0.25, -0.2) is 4.68 Å². The van der Waals surface area contributed by atoms with Crippen molar-refractivity contribution in [2.45, 2.75) is 19.5 Å². The van der Waals surface area contributed by atoms with E-state index in [1.807, 2.05) is 60.1 Å². The van der Waals surface area contributed by atoms with Crippen molar-refractivity contribution in [3.05, 3.63) is 78.1 Å². The van der Waals surface area contributed by atoms with Crippen LogP contribution in [0.5, 0.6) is 0 Å². The minimum absolute atomic E-state index is 0.157. The molecule has 0 saturated carbocycles. The lowest BCUT2D eigenvalue weighted by molar-refractivity contribution is -0.120. The van der Waals surface area contributed by atoms with Crippen molar-refractivity contribution < 1.29 is 4.79 Å². The quantitative estimate of drug-likeness (QED) is 0.733. The number of amides is 1. The third-order valence-electron chi connectivity index (χ3n) is 4.43. The van der Waals surface area contributed by atoms with E-state index in [2.05, 4.69) is 16.5 Å². The molecule has 6 heteroatoms. The number of nitriles is 1. The van der Waals surface area contributed by atoms with Crippen molar-refractivity contribution >= 4 is 11.6 Å². The second kappa shape index (κ2) is 8.30. The number of carbonyl (C=O) groups excluding carboxylic acids is 1. The molecule has 1 heterocycles. The molecule has 0 unspecified atom stereocenters. The second-order valence-corrected chi connectivity index (χ2v) is 6.37. The molecule has 0 radical (unpaired) electrons. The first-order chi connectivity index (χ1) is 13.1. The van der Waals surface area contributed by atoms with Gasteiger partial charge in [-0.3, -0.25) is 9.69 Å². The van der Waals surface area contributed by atoms with Gasteiger partial charge in [0.15, 0.2) is 0 Å². The zero-order valence-corrected chi connectivity index (χ0v) is 15.3. The van der Waals surface area contributed by atoms with Gasteiger partial charge in [-0.15, -0.1) is 0 Å². The maximum absolute atomic E-state index is 12.6. The highest BCUT2D eigenvalue weighted by molar-refractivity contribution is 5.95. The Morgan fingerprint density at radius 3 is 2.67 bits per heavy atom. The van der Waals surface area contributed by atoms with E-state index >= 15 is 0 Å². The number of benzene rings is 2. The summed E-state index contributed by atoms with van der Waals surface area (Å²) in [5.74, 6) is -0.157. The summed E-state index contributed by atoms with van der Waals surface area (Å²) in [5, 5.41) is 16.4. The van der Waals surface area contributed by atoms with Crippen molar-refractivity contribution in [2.24, 2.45) is 0 Å². The van der Waals surface area contributed by atoms with Crippen LogP contribution in [-0.2, 0) is 11.3 Å². The van der Waals surface area contributed by atoms with Crippen LogP contribution in [0.1, 0.15) is 18.1 Å². The lowest BCUT2D eigenvalue weighted by Crippen LogP contribution is -2.39. The molecule has 1 aromatic heterocycles. The Hall–Kier alpha value is -3.43. The number of carbonyl (C=O) groups is 1. The number of likely N-dealkylation sites (N-methyl/N-ethyl adjacent to an activating group) is 1. The Bertz CT molecular complexity index is 958. The van der Waals surface area contributed by atoms with Gasteiger partial charge in [0.2, 0.25) is 5.91 Å². The van der Waals surface area contributed by atoms with E-state index < -0.39 is 0 Å². The molecule has 0 spiro atoms. The van der Waals surface area contributed by atoms with Gasteiger partial charge in [0, 0.05) is 18.3 Å². The molecule has 0 aliphatic carbocycles. The Morgan fingerprint density at radius 1 is 1.22 bits per heavy atom. The number of hydrogen-bond acceptors (Lipinski definition) is 4. The van der Waals surface area contributed by atoms with Crippen molar-refractivity contribution in [3.63, 3.8) is 0 Å². The van der Waals surface area contributed by atoms with Crippen molar-refractivity contribution in [2.75, 3.05) is 12.4 Å². The standard InChI is InChI=1S/C21H21N5O/c1-16(21(27)24-20-11-7-6-8-18(20)12-22)25(2)14-17-13-23-26(15-17)19-9-4-3-5-10-19/h3-11,13,15-16H,14H2,1-2H3,(H,24,27)/t16-/m1/s1. The number of nitrogens with one attached hydrogen (secondary N) is 1. The maximum atomic E-state index is 12.6. The van der Waals surface area contributed by atoms with Crippen LogP contribution in [0.15, 0.2) is 67.0 Å². The molecule has 0 fully saturated rings. The van der Waals surface area contributed by atoms with Crippen LogP contribution in [0.3, 0.4) is 0 Å². The average molecular weight is 359 g/mol. The predicted molar refractivity (Wildman–Crippen MR) is 104 cm³/mol. The Morgan fingerprint density at radius 2 is 1.93 bits per heavy atom. The Balaban J connectivity index is 1.64. The van der Waals surface area contributed by atoms with Crippen molar-refractivity contribution in [1.82, 2.24) is 14.7 Å². The van der Waals surface area contributed by atoms with Crippen LogP contribution >= 0.6 is 0 Å². The van der Waals surface area contributed by atoms with E-state index in [-0.39, 0.29) is 11.9 Å². The maximum Gasteiger partial charge on any atom is 0.241 e. The fourth-order valence-electron chi connectivity index (χ4n) is 2.72. The number of rotatable bonds is 6. The van der Waals surface area contributed by atoms with Gasteiger partial charge in [0.1, 0.15) is 6.07 Å². The fraction of sp³-hybridized carbons (Fsp3) is 0.190. The fourth-order valence-corrected chi connectivity index (χ4v) is 2.72. The molecule has 0 aliphatic heterocycles. The predicted octanol–water partition coefficient (Wildman–Crippen LogP) is 3.20. The van der Waals surface area contributed by atoms with Crippen LogP contribution in [-0.4, -0.2) is 33.7 Å². The minimum atomic E-state index is -0.364. The first-order valence-corrected chi connectivity index (χ1v) is 8.67. The second-order valence-electron chi connectivity index (χ2n) is 6.37. The number of aromatic nitrogens is 2. The third kappa shape index (κ3) is 4.40. The van der Waals surface area contributed by atoms with Crippen LogP contribution in [0.2, 0.25) is 0 Å². The summed E-state index contributed by atoms with van der Waals surface area (Å²) in [6.45, 7) is 2.42. The largest absolute Gasteiger partial charge is 0.324 e. The summed E-state index contributed by atoms with van der Waals surface area (Å²) in [7, 11) is 1.89. The minimum Gasteiger partial charge on any atom is -0.324 e. The molecule has 0 aliphatic rings. The van der Waals surface area contributed by atoms with E-state index in [4.69, 9.17) is 5.26 Å². The average Bonchev–Trinajstić information content (AvgIpc) is 3.17. The first-order valence-electron chi connectivity index (χ1n) is 8.67. The number of para-hydroxylation sites is 2. The lowest BCUT2D eigenvalue weighted by atomic mass is 10.1. The Kier molecular flexibility index (Phi) is 5.64. The summed E-state index contributed by atoms with van der Waals surface area (Å²) in [6, 6.07) is 18.6. The molecule has 2 aromatic carbocycles. The molecule has 3 rings (SSSR count). The first kappa shape index (κ1) is 18.4. The summed E-state index contributed by atoms with van der Waals surface area (Å²) in [4.78, 5) is 14.5. The summed E-state index contributed by atoms with van der Waals surface area (Å²) >= 11 is 0. The molecular weight excluding hydrogens is 338 g/mol. The van der Waals surface area contributed by atoms with E-state index in [1.54, 1.807) is 30.5 Å². The van der Waals surface area contributed by atoms with Gasteiger partial charge in [-0.2, -0.15) is 10.4 Å². The van der Waals surface area contributed by atoms with E-state index in [0.29, 0.717) is 17.8 Å². The zero-order chi connectivity index (χ0) is 19.2. The Labute approximate surface area is 158 Å².